The van der Waals surface area contributed by atoms with Crippen LogP contribution < -0.4 is 0 Å². The number of hydrogen-bond donors (Lipinski definition) is 3. The molecule has 0 saturated heterocycles. The Morgan fingerprint density at radius 1 is 1.40 bits per heavy atom. The first-order chi connectivity index (χ1) is 4.75. The third kappa shape index (κ3) is 1.29. The summed E-state index contributed by atoms with van der Waals surface area (Å²) in [6.45, 7) is -0.289. The lowest BCUT2D eigenvalue weighted by Crippen LogP contribution is -2.42. The normalized spacial score (nSPS) is 39.3. The Balaban J connectivity index is 2.56. The second-order valence-electron chi connectivity index (χ2n) is 2.17. The summed E-state index contributed by atoms with van der Waals surface area (Å²) >= 11 is 0. The van der Waals surface area contributed by atoms with Gasteiger partial charge in [0.1, 0.15) is 18.3 Å². The van der Waals surface area contributed by atoms with Crippen LogP contribution in [0.5, 0.6) is 0 Å². The van der Waals surface area contributed by atoms with E-state index in [0.29, 0.717) is 0 Å². The lowest BCUT2D eigenvalue weighted by molar-refractivity contribution is -0.0808. The summed E-state index contributed by atoms with van der Waals surface area (Å²) in [6.07, 6.45) is -0.0318. The molecular formula is C6H10O4. The molecule has 3 N–H and O–H groups in total. The maximum Gasteiger partial charge on any atom is 0.149 e. The smallest absolute Gasteiger partial charge is 0.149 e. The van der Waals surface area contributed by atoms with Crippen LogP contribution in [-0.2, 0) is 4.74 Å². The summed E-state index contributed by atoms with van der Waals surface area (Å²) in [5.74, 6) is 0. The van der Waals surface area contributed by atoms with E-state index in [-0.39, 0.29) is 6.61 Å². The minimum atomic E-state index is -1.02. The van der Waals surface area contributed by atoms with E-state index in [4.69, 9.17) is 20.1 Å². The molecule has 0 radical (unpaired) electrons. The molecule has 10 heavy (non-hydrogen) atoms. The lowest BCUT2D eigenvalue weighted by atomic mass is 10.1. The first-order valence-corrected chi connectivity index (χ1v) is 3.05. The minimum absolute atomic E-state index is 0.289. The average Bonchev–Trinajstić information content (AvgIpc) is 1.95. The number of aliphatic hydroxyl groups is 3. The molecule has 1 aliphatic rings. The van der Waals surface area contributed by atoms with Crippen LogP contribution >= 0.6 is 0 Å². The molecule has 0 spiro atoms. The van der Waals surface area contributed by atoms with Crippen LogP contribution in [0, 0.1) is 0 Å². The number of ether oxygens (including phenoxy) is 1. The maximum absolute atomic E-state index is 9.05. The molecule has 1 rings (SSSR count). The molecule has 0 bridgehead atoms. The highest BCUT2D eigenvalue weighted by Gasteiger charge is 2.27. The van der Waals surface area contributed by atoms with E-state index < -0.39 is 18.3 Å². The highest BCUT2D eigenvalue weighted by atomic mass is 16.5. The molecule has 1 heterocycles. The standard InChI is InChI=1S/C6H10O4/c7-3-5-6(9)4(8)1-2-10-5/h1-2,4-9H,3H2/t4?,5?,6-/m1/s1. The highest BCUT2D eigenvalue weighted by Crippen LogP contribution is 2.10. The van der Waals surface area contributed by atoms with E-state index in [1.807, 2.05) is 0 Å². The van der Waals surface area contributed by atoms with Crippen molar-refractivity contribution in [2.45, 2.75) is 18.3 Å². The van der Waals surface area contributed by atoms with Gasteiger partial charge in [0.2, 0.25) is 0 Å². The molecule has 0 aliphatic carbocycles. The second kappa shape index (κ2) is 3.01. The molecule has 3 atom stereocenters. The molecule has 1 aliphatic heterocycles. The first-order valence-electron chi connectivity index (χ1n) is 3.05. The summed E-state index contributed by atoms with van der Waals surface area (Å²) in [6, 6.07) is 0. The summed E-state index contributed by atoms with van der Waals surface area (Å²) in [7, 11) is 0. The van der Waals surface area contributed by atoms with Crippen molar-refractivity contribution in [1.82, 2.24) is 0 Å². The third-order valence-electron chi connectivity index (χ3n) is 1.44. The van der Waals surface area contributed by atoms with Gasteiger partial charge in [0.25, 0.3) is 0 Å². The van der Waals surface area contributed by atoms with Crippen LogP contribution in [0.25, 0.3) is 0 Å². The van der Waals surface area contributed by atoms with Crippen molar-refractivity contribution in [3.05, 3.63) is 12.3 Å². The predicted molar refractivity (Wildman–Crippen MR) is 33.1 cm³/mol. The monoisotopic (exact) mass is 146 g/mol. The fourth-order valence-electron chi connectivity index (χ4n) is 0.792. The van der Waals surface area contributed by atoms with Gasteiger partial charge in [0.15, 0.2) is 0 Å². The summed E-state index contributed by atoms with van der Waals surface area (Å²) in [4.78, 5) is 0. The van der Waals surface area contributed by atoms with Crippen LogP contribution in [0.4, 0.5) is 0 Å². The molecule has 0 aromatic heterocycles. The van der Waals surface area contributed by atoms with Crippen molar-refractivity contribution in [1.29, 1.82) is 0 Å². The molecule has 4 heteroatoms. The van der Waals surface area contributed by atoms with Gasteiger partial charge in [-0.15, -0.1) is 0 Å². The third-order valence-corrected chi connectivity index (χ3v) is 1.44. The quantitative estimate of drug-likeness (QED) is 0.426. The molecule has 0 aromatic rings. The molecule has 0 saturated carbocycles. The highest BCUT2D eigenvalue weighted by molar-refractivity contribution is 4.96. The zero-order valence-electron chi connectivity index (χ0n) is 5.34. The predicted octanol–water partition coefficient (Wildman–Crippen LogP) is -1.39. The average molecular weight is 146 g/mol. The zero-order valence-corrected chi connectivity index (χ0v) is 5.34. The van der Waals surface area contributed by atoms with E-state index in [9.17, 15) is 0 Å². The Morgan fingerprint density at radius 3 is 2.60 bits per heavy atom. The van der Waals surface area contributed by atoms with E-state index in [1.54, 1.807) is 0 Å². The fourth-order valence-corrected chi connectivity index (χ4v) is 0.792. The van der Waals surface area contributed by atoms with Gasteiger partial charge in [-0.2, -0.15) is 0 Å². The first kappa shape index (κ1) is 7.53. The SMILES string of the molecule is OCC1OC=CC(O)[C@H]1O. The van der Waals surface area contributed by atoms with Gasteiger partial charge in [-0.25, -0.2) is 0 Å². The summed E-state index contributed by atoms with van der Waals surface area (Å²) in [5, 5.41) is 26.6. The van der Waals surface area contributed by atoms with Gasteiger partial charge >= 0.3 is 0 Å². The number of rotatable bonds is 1. The zero-order chi connectivity index (χ0) is 7.56. The van der Waals surface area contributed by atoms with Crippen LogP contribution in [0.3, 0.4) is 0 Å². The Labute approximate surface area is 58.4 Å². The molecule has 4 nitrogen and oxygen atoms in total. The second-order valence-corrected chi connectivity index (χ2v) is 2.17. The van der Waals surface area contributed by atoms with E-state index in [1.165, 1.54) is 12.3 Å². The van der Waals surface area contributed by atoms with Crippen molar-refractivity contribution in [2.75, 3.05) is 6.61 Å². The Bertz CT molecular complexity index is 134. The van der Waals surface area contributed by atoms with Gasteiger partial charge in [-0.1, -0.05) is 0 Å². The molecule has 0 aromatic carbocycles. The van der Waals surface area contributed by atoms with Crippen LogP contribution in [0.15, 0.2) is 12.3 Å². The Kier molecular flexibility index (Phi) is 2.26. The maximum atomic E-state index is 9.05. The van der Waals surface area contributed by atoms with Crippen molar-refractivity contribution in [3.8, 4) is 0 Å². The van der Waals surface area contributed by atoms with Crippen LogP contribution in [0.1, 0.15) is 0 Å². The Hall–Kier alpha value is -0.580. The van der Waals surface area contributed by atoms with E-state index >= 15 is 0 Å². The lowest BCUT2D eigenvalue weighted by Gasteiger charge is -2.26. The topological polar surface area (TPSA) is 69.9 Å². The van der Waals surface area contributed by atoms with Crippen molar-refractivity contribution < 1.29 is 20.1 Å². The number of aliphatic hydroxyl groups excluding tert-OH is 3. The van der Waals surface area contributed by atoms with E-state index in [0.717, 1.165) is 0 Å². The van der Waals surface area contributed by atoms with Gasteiger partial charge in [-0.3, -0.25) is 0 Å². The summed E-state index contributed by atoms with van der Waals surface area (Å²) in [5.41, 5.74) is 0. The van der Waals surface area contributed by atoms with Gasteiger partial charge < -0.3 is 20.1 Å². The van der Waals surface area contributed by atoms with Gasteiger partial charge in [0.05, 0.1) is 12.9 Å². The number of hydrogen-bond acceptors (Lipinski definition) is 4. The molecule has 58 valence electrons. The van der Waals surface area contributed by atoms with Crippen molar-refractivity contribution >= 4 is 0 Å². The molecule has 0 amide bonds. The van der Waals surface area contributed by atoms with Gasteiger partial charge in [0, 0.05) is 0 Å². The molecule has 2 unspecified atom stereocenters. The minimum Gasteiger partial charge on any atom is -0.493 e. The fraction of sp³-hybridized carbons (Fsp3) is 0.667. The summed E-state index contributed by atoms with van der Waals surface area (Å²) < 4.78 is 4.77. The van der Waals surface area contributed by atoms with Gasteiger partial charge in [-0.05, 0) is 6.08 Å². The molecular weight excluding hydrogens is 136 g/mol. The van der Waals surface area contributed by atoms with Crippen LogP contribution in [0.2, 0.25) is 0 Å². The Morgan fingerprint density at radius 2 is 2.10 bits per heavy atom. The van der Waals surface area contributed by atoms with Crippen molar-refractivity contribution in [2.24, 2.45) is 0 Å². The van der Waals surface area contributed by atoms with Crippen molar-refractivity contribution in [3.63, 3.8) is 0 Å². The van der Waals surface area contributed by atoms with E-state index in [2.05, 4.69) is 0 Å². The molecule has 0 fully saturated rings. The van der Waals surface area contributed by atoms with Crippen LogP contribution in [-0.4, -0.2) is 40.2 Å². The largest absolute Gasteiger partial charge is 0.493 e.